The molecular weight excluding hydrogens is 384 g/mol. The maximum atomic E-state index is 13.2. The van der Waals surface area contributed by atoms with E-state index in [9.17, 15) is 10.1 Å². The molecule has 2 atom stereocenters. The Labute approximate surface area is 154 Å². The molecule has 0 radical (unpaired) electrons. The molecule has 1 heterocycles. The van der Waals surface area contributed by atoms with Gasteiger partial charge in [0.2, 0.25) is 0 Å². The number of nitriles is 1. The van der Waals surface area contributed by atoms with Crippen molar-refractivity contribution >= 4 is 27.5 Å². The maximum Gasteiger partial charge on any atom is 0.258 e. The first-order chi connectivity index (χ1) is 12.0. The highest BCUT2D eigenvalue weighted by molar-refractivity contribution is 9.10. The number of nitrogens with zero attached hydrogens (tertiary/aromatic N) is 2. The SMILES string of the molecule is COC1C=CC(C(=O)N2CC3(CC3)Oc3ccccc32)=CC1(Br)C#N. The molecule has 0 bridgehead atoms. The zero-order valence-electron chi connectivity index (χ0n) is 13.7. The molecule has 6 heteroatoms. The number of para-hydroxylation sites is 2. The Morgan fingerprint density at radius 2 is 2.20 bits per heavy atom. The van der Waals surface area contributed by atoms with Gasteiger partial charge >= 0.3 is 0 Å². The first-order valence-electron chi connectivity index (χ1n) is 8.14. The van der Waals surface area contributed by atoms with Gasteiger partial charge in [-0.1, -0.05) is 40.2 Å². The van der Waals surface area contributed by atoms with Crippen molar-refractivity contribution in [2.24, 2.45) is 0 Å². The van der Waals surface area contributed by atoms with Gasteiger partial charge in [-0.05, 0) is 31.1 Å². The lowest BCUT2D eigenvalue weighted by Crippen LogP contribution is -2.46. The van der Waals surface area contributed by atoms with Crippen molar-refractivity contribution in [2.75, 3.05) is 18.6 Å². The van der Waals surface area contributed by atoms with Crippen LogP contribution in [0, 0.1) is 11.3 Å². The van der Waals surface area contributed by atoms with Gasteiger partial charge < -0.3 is 14.4 Å². The smallest absolute Gasteiger partial charge is 0.258 e. The quantitative estimate of drug-likeness (QED) is 0.715. The molecule has 1 saturated carbocycles. The molecule has 128 valence electrons. The van der Waals surface area contributed by atoms with Gasteiger partial charge in [0.15, 0.2) is 4.32 Å². The summed E-state index contributed by atoms with van der Waals surface area (Å²) in [5, 5.41) is 9.51. The Morgan fingerprint density at radius 3 is 2.88 bits per heavy atom. The summed E-state index contributed by atoms with van der Waals surface area (Å²) in [6.07, 6.45) is 6.57. The number of halogens is 1. The second-order valence-electron chi connectivity index (χ2n) is 6.64. The molecule has 4 rings (SSSR count). The van der Waals surface area contributed by atoms with E-state index in [1.54, 1.807) is 23.1 Å². The maximum absolute atomic E-state index is 13.2. The largest absolute Gasteiger partial charge is 0.483 e. The highest BCUT2D eigenvalue weighted by Crippen LogP contribution is 2.48. The van der Waals surface area contributed by atoms with Crippen LogP contribution in [0.15, 0.2) is 48.1 Å². The van der Waals surface area contributed by atoms with Gasteiger partial charge in [-0.2, -0.15) is 5.26 Å². The zero-order chi connectivity index (χ0) is 17.7. The lowest BCUT2D eigenvalue weighted by Gasteiger charge is -2.36. The van der Waals surface area contributed by atoms with Crippen molar-refractivity contribution in [3.8, 4) is 11.8 Å². The van der Waals surface area contributed by atoms with Crippen molar-refractivity contribution in [1.29, 1.82) is 5.26 Å². The van der Waals surface area contributed by atoms with E-state index in [1.165, 1.54) is 7.11 Å². The van der Waals surface area contributed by atoms with E-state index >= 15 is 0 Å². The Bertz CT molecular complexity index is 837. The fourth-order valence-corrected chi connectivity index (χ4v) is 3.89. The minimum absolute atomic E-state index is 0.132. The highest BCUT2D eigenvalue weighted by Gasteiger charge is 2.51. The van der Waals surface area contributed by atoms with E-state index in [-0.39, 0.29) is 11.5 Å². The summed E-state index contributed by atoms with van der Waals surface area (Å²) in [5.74, 6) is 0.604. The highest BCUT2D eigenvalue weighted by atomic mass is 79.9. The van der Waals surface area contributed by atoms with Gasteiger partial charge in [0, 0.05) is 12.7 Å². The van der Waals surface area contributed by atoms with E-state index < -0.39 is 10.4 Å². The molecule has 1 aromatic rings. The number of anilines is 1. The van der Waals surface area contributed by atoms with Crippen LogP contribution in [0.1, 0.15) is 12.8 Å². The van der Waals surface area contributed by atoms with Crippen LogP contribution in [0.3, 0.4) is 0 Å². The number of ether oxygens (including phenoxy) is 2. The summed E-state index contributed by atoms with van der Waals surface area (Å²) < 4.78 is 10.4. The number of amides is 1. The fourth-order valence-electron chi connectivity index (χ4n) is 3.31. The standard InChI is InChI=1S/C19H17BrN2O3/c1-24-16-7-6-13(10-19(16,20)11-21)17(23)22-12-18(8-9-18)25-15-5-3-2-4-14(15)22/h2-7,10,16H,8-9,12H2,1H3. The van der Waals surface area contributed by atoms with Gasteiger partial charge in [-0.15, -0.1) is 0 Å². The van der Waals surface area contributed by atoms with Crippen LogP contribution < -0.4 is 9.64 Å². The van der Waals surface area contributed by atoms with Crippen LogP contribution in [0.2, 0.25) is 0 Å². The number of hydrogen-bond donors (Lipinski definition) is 0. The molecule has 0 saturated heterocycles. The Balaban J connectivity index is 1.70. The molecule has 1 fully saturated rings. The molecule has 1 spiro atoms. The molecule has 3 aliphatic rings. The average molecular weight is 401 g/mol. The molecule has 25 heavy (non-hydrogen) atoms. The third-order valence-electron chi connectivity index (χ3n) is 4.88. The lowest BCUT2D eigenvalue weighted by molar-refractivity contribution is -0.115. The van der Waals surface area contributed by atoms with Crippen molar-refractivity contribution in [1.82, 2.24) is 0 Å². The number of rotatable bonds is 2. The molecule has 0 aromatic heterocycles. The first kappa shape index (κ1) is 16.4. The molecule has 2 unspecified atom stereocenters. The van der Waals surface area contributed by atoms with Gasteiger partial charge in [-0.25, -0.2) is 0 Å². The second-order valence-corrected chi connectivity index (χ2v) is 7.95. The number of methoxy groups -OCH3 is 1. The van der Waals surface area contributed by atoms with Crippen LogP contribution in [0.5, 0.6) is 5.75 Å². The Morgan fingerprint density at radius 1 is 1.44 bits per heavy atom. The third-order valence-corrected chi connectivity index (χ3v) is 5.74. The minimum Gasteiger partial charge on any atom is -0.483 e. The van der Waals surface area contributed by atoms with Crippen molar-refractivity contribution in [3.63, 3.8) is 0 Å². The van der Waals surface area contributed by atoms with Crippen molar-refractivity contribution < 1.29 is 14.3 Å². The van der Waals surface area contributed by atoms with E-state index in [4.69, 9.17) is 9.47 Å². The second kappa shape index (κ2) is 5.72. The Kier molecular flexibility index (Phi) is 3.75. The summed E-state index contributed by atoms with van der Waals surface area (Å²) in [5.41, 5.74) is 0.989. The minimum atomic E-state index is -1.05. The molecule has 1 amide bonds. The topological polar surface area (TPSA) is 62.6 Å². The number of hydrogen-bond acceptors (Lipinski definition) is 4. The summed E-state index contributed by atoms with van der Waals surface area (Å²) in [6, 6.07) is 9.77. The molecule has 1 aliphatic heterocycles. The first-order valence-corrected chi connectivity index (χ1v) is 8.93. The van der Waals surface area contributed by atoms with E-state index in [0.717, 1.165) is 24.3 Å². The van der Waals surface area contributed by atoms with Crippen molar-refractivity contribution in [3.05, 3.63) is 48.1 Å². The fraction of sp³-hybridized carbons (Fsp3) is 0.368. The Hall–Kier alpha value is -2.10. The number of carbonyl (C=O) groups is 1. The number of carbonyl (C=O) groups excluding carboxylic acids is 1. The van der Waals surface area contributed by atoms with E-state index in [1.807, 2.05) is 24.3 Å². The molecular formula is C19H17BrN2O3. The number of fused-ring (bicyclic) bond motifs is 1. The van der Waals surface area contributed by atoms with Crippen LogP contribution in [-0.4, -0.2) is 35.6 Å². The number of alkyl halides is 1. The van der Waals surface area contributed by atoms with Crippen LogP contribution >= 0.6 is 15.9 Å². The van der Waals surface area contributed by atoms with E-state index in [0.29, 0.717) is 12.1 Å². The van der Waals surface area contributed by atoms with Crippen LogP contribution in [0.4, 0.5) is 5.69 Å². The van der Waals surface area contributed by atoms with Gasteiger partial charge in [0.05, 0.1) is 18.3 Å². The van der Waals surface area contributed by atoms with Gasteiger partial charge in [0.1, 0.15) is 17.5 Å². The monoisotopic (exact) mass is 400 g/mol. The predicted octanol–water partition coefficient (Wildman–Crippen LogP) is 3.11. The lowest BCUT2D eigenvalue weighted by atomic mass is 9.93. The predicted molar refractivity (Wildman–Crippen MR) is 96.7 cm³/mol. The summed E-state index contributed by atoms with van der Waals surface area (Å²) in [6.45, 7) is 0.531. The summed E-state index contributed by atoms with van der Waals surface area (Å²) in [4.78, 5) is 15.0. The van der Waals surface area contributed by atoms with Crippen molar-refractivity contribution in [2.45, 2.75) is 28.9 Å². The third kappa shape index (κ3) is 2.68. The normalized spacial score (nSPS) is 28.6. The average Bonchev–Trinajstić information content (AvgIpc) is 3.38. The van der Waals surface area contributed by atoms with Crippen LogP contribution in [-0.2, 0) is 9.53 Å². The molecule has 2 aliphatic carbocycles. The number of benzene rings is 1. The van der Waals surface area contributed by atoms with Gasteiger partial charge in [0.25, 0.3) is 5.91 Å². The van der Waals surface area contributed by atoms with Gasteiger partial charge in [-0.3, -0.25) is 4.79 Å². The molecule has 1 aromatic carbocycles. The zero-order valence-corrected chi connectivity index (χ0v) is 15.3. The van der Waals surface area contributed by atoms with E-state index in [2.05, 4.69) is 22.0 Å². The summed E-state index contributed by atoms with van der Waals surface area (Å²) in [7, 11) is 1.54. The summed E-state index contributed by atoms with van der Waals surface area (Å²) >= 11 is 3.41. The molecule has 0 N–H and O–H groups in total. The molecule has 5 nitrogen and oxygen atoms in total. The van der Waals surface area contributed by atoms with Crippen LogP contribution in [0.25, 0.3) is 0 Å².